The highest BCUT2D eigenvalue weighted by Crippen LogP contribution is 2.22. The molecule has 1 aromatic carbocycles. The molecule has 2 atom stereocenters. The minimum atomic E-state index is -0.101. The summed E-state index contributed by atoms with van der Waals surface area (Å²) in [6, 6.07) is 7.01. The van der Waals surface area contributed by atoms with E-state index in [0.29, 0.717) is 10.9 Å². The molecule has 1 fully saturated rings. The number of hydrogen-bond acceptors (Lipinski definition) is 1. The van der Waals surface area contributed by atoms with Crippen LogP contribution in [0.1, 0.15) is 37.7 Å². The molecule has 2 unspecified atom stereocenters. The minimum absolute atomic E-state index is 0.101. The molecule has 0 spiro atoms. The molecule has 0 aromatic heterocycles. The number of rotatable bonds is 5. The molecule has 0 saturated carbocycles. The predicted octanol–water partition coefficient (Wildman–Crippen LogP) is 4.48. The molecule has 3 heteroatoms. The van der Waals surface area contributed by atoms with E-state index >= 15 is 0 Å². The van der Waals surface area contributed by atoms with Gasteiger partial charge in [0, 0.05) is 11.4 Å². The van der Waals surface area contributed by atoms with Crippen LogP contribution in [0.5, 0.6) is 0 Å². The summed E-state index contributed by atoms with van der Waals surface area (Å²) in [4.78, 5) is 0.333. The molecule has 0 N–H and O–H groups in total. The van der Waals surface area contributed by atoms with Crippen LogP contribution in [-0.4, -0.2) is 17.5 Å². The molecule has 2 rings (SSSR count). The van der Waals surface area contributed by atoms with Crippen LogP contribution in [-0.2, 0) is 11.2 Å². The number of alkyl halides is 1. The third-order valence-electron chi connectivity index (χ3n) is 3.48. The van der Waals surface area contributed by atoms with E-state index < -0.39 is 0 Å². The smallest absolute Gasteiger partial charge is 0.126 e. The third-order valence-corrected chi connectivity index (χ3v) is 4.26. The van der Waals surface area contributed by atoms with Crippen LogP contribution in [0.4, 0.5) is 4.39 Å². The van der Waals surface area contributed by atoms with Crippen molar-refractivity contribution in [3.05, 3.63) is 35.6 Å². The fourth-order valence-corrected chi connectivity index (χ4v) is 3.02. The van der Waals surface area contributed by atoms with Crippen LogP contribution in [0, 0.1) is 5.82 Å². The normalized spacial score (nSPS) is 21.8. The van der Waals surface area contributed by atoms with Crippen molar-refractivity contribution >= 4 is 15.9 Å². The fraction of sp³-hybridized carbons (Fsp3) is 0.600. The Labute approximate surface area is 117 Å². The Morgan fingerprint density at radius 1 is 1.33 bits per heavy atom. The molecular weight excluding hydrogens is 295 g/mol. The van der Waals surface area contributed by atoms with Crippen LogP contribution in [0.15, 0.2) is 24.3 Å². The second-order valence-corrected chi connectivity index (χ2v) is 6.25. The monoisotopic (exact) mass is 314 g/mol. The van der Waals surface area contributed by atoms with Crippen molar-refractivity contribution < 1.29 is 9.13 Å². The standard InChI is InChI=1S/C15H20BrFO/c16-13(8-9-14-6-3-4-10-18-14)11-12-5-1-2-7-15(12)17/h1-2,5,7,13-14H,3-4,6,8-11H2. The van der Waals surface area contributed by atoms with Crippen molar-refractivity contribution in [1.82, 2.24) is 0 Å². The van der Waals surface area contributed by atoms with Crippen molar-refractivity contribution in [2.24, 2.45) is 0 Å². The average molecular weight is 315 g/mol. The number of ether oxygens (including phenoxy) is 1. The second-order valence-electron chi connectivity index (χ2n) is 4.96. The molecule has 0 radical (unpaired) electrons. The van der Waals surface area contributed by atoms with Crippen molar-refractivity contribution in [1.29, 1.82) is 0 Å². The number of hydrogen-bond donors (Lipinski definition) is 0. The van der Waals surface area contributed by atoms with Gasteiger partial charge in [0.2, 0.25) is 0 Å². The van der Waals surface area contributed by atoms with Gasteiger partial charge in [-0.15, -0.1) is 0 Å². The molecule has 1 aromatic rings. The van der Waals surface area contributed by atoms with Gasteiger partial charge in [-0.2, -0.15) is 0 Å². The molecule has 1 aliphatic heterocycles. The Bertz CT molecular complexity index is 363. The Balaban J connectivity index is 1.74. The van der Waals surface area contributed by atoms with Crippen LogP contribution in [0.25, 0.3) is 0 Å². The summed E-state index contributed by atoms with van der Waals surface area (Å²) in [5.41, 5.74) is 0.795. The average Bonchev–Trinajstić information content (AvgIpc) is 2.40. The first-order valence-electron chi connectivity index (χ1n) is 6.75. The summed E-state index contributed by atoms with van der Waals surface area (Å²) >= 11 is 3.65. The van der Waals surface area contributed by atoms with E-state index in [1.807, 2.05) is 12.1 Å². The topological polar surface area (TPSA) is 9.23 Å². The van der Waals surface area contributed by atoms with Gasteiger partial charge in [0.15, 0.2) is 0 Å². The number of halogens is 2. The van der Waals surface area contributed by atoms with E-state index in [4.69, 9.17) is 4.74 Å². The third kappa shape index (κ3) is 4.36. The van der Waals surface area contributed by atoms with Crippen LogP contribution >= 0.6 is 15.9 Å². The SMILES string of the molecule is Fc1ccccc1CC(Br)CCC1CCCCO1. The molecule has 1 saturated heterocycles. The van der Waals surface area contributed by atoms with Gasteiger partial charge in [-0.1, -0.05) is 34.1 Å². The molecule has 1 aliphatic rings. The van der Waals surface area contributed by atoms with E-state index in [9.17, 15) is 4.39 Å². The molecular formula is C15H20BrFO. The number of benzene rings is 1. The lowest BCUT2D eigenvalue weighted by Gasteiger charge is -2.23. The summed E-state index contributed by atoms with van der Waals surface area (Å²) in [5, 5.41) is 0. The molecule has 0 bridgehead atoms. The van der Waals surface area contributed by atoms with Crippen LogP contribution < -0.4 is 0 Å². The first-order valence-corrected chi connectivity index (χ1v) is 7.66. The lowest BCUT2D eigenvalue weighted by molar-refractivity contribution is 0.0102. The first kappa shape index (κ1) is 14.0. The predicted molar refractivity (Wildman–Crippen MR) is 75.6 cm³/mol. The molecule has 100 valence electrons. The molecule has 18 heavy (non-hydrogen) atoms. The molecule has 1 nitrogen and oxygen atoms in total. The molecule has 1 heterocycles. The lowest BCUT2D eigenvalue weighted by Crippen LogP contribution is -2.20. The van der Waals surface area contributed by atoms with E-state index in [0.717, 1.165) is 31.4 Å². The highest BCUT2D eigenvalue weighted by Gasteiger charge is 2.16. The van der Waals surface area contributed by atoms with Gasteiger partial charge in [-0.05, 0) is 50.2 Å². The summed E-state index contributed by atoms with van der Waals surface area (Å²) in [7, 11) is 0. The minimum Gasteiger partial charge on any atom is -0.378 e. The van der Waals surface area contributed by atoms with Gasteiger partial charge in [0.1, 0.15) is 5.82 Å². The summed E-state index contributed by atoms with van der Waals surface area (Å²) in [6.45, 7) is 0.908. The quantitative estimate of drug-likeness (QED) is 0.728. The lowest BCUT2D eigenvalue weighted by atomic mass is 10.0. The largest absolute Gasteiger partial charge is 0.378 e. The maximum Gasteiger partial charge on any atom is 0.126 e. The second kappa shape index (κ2) is 7.25. The molecule has 0 amide bonds. The van der Waals surface area contributed by atoms with E-state index in [1.54, 1.807) is 6.07 Å². The first-order chi connectivity index (χ1) is 8.75. The van der Waals surface area contributed by atoms with Gasteiger partial charge in [0.05, 0.1) is 6.10 Å². The maximum absolute atomic E-state index is 13.5. The van der Waals surface area contributed by atoms with Crippen molar-refractivity contribution in [2.75, 3.05) is 6.61 Å². The Hall–Kier alpha value is -0.410. The summed E-state index contributed by atoms with van der Waals surface area (Å²) in [6.07, 6.45) is 6.94. The highest BCUT2D eigenvalue weighted by atomic mass is 79.9. The zero-order chi connectivity index (χ0) is 12.8. The van der Waals surface area contributed by atoms with Gasteiger partial charge in [-0.25, -0.2) is 4.39 Å². The Kier molecular flexibility index (Phi) is 5.64. The zero-order valence-electron chi connectivity index (χ0n) is 10.6. The Morgan fingerprint density at radius 2 is 2.17 bits per heavy atom. The summed E-state index contributed by atoms with van der Waals surface area (Å²) < 4.78 is 19.2. The van der Waals surface area contributed by atoms with Crippen molar-refractivity contribution in [2.45, 2.75) is 49.5 Å². The Morgan fingerprint density at radius 3 is 2.89 bits per heavy atom. The van der Waals surface area contributed by atoms with E-state index in [1.165, 1.54) is 25.3 Å². The van der Waals surface area contributed by atoms with E-state index in [-0.39, 0.29) is 5.82 Å². The zero-order valence-corrected chi connectivity index (χ0v) is 12.2. The van der Waals surface area contributed by atoms with Crippen LogP contribution in [0.2, 0.25) is 0 Å². The van der Waals surface area contributed by atoms with Gasteiger partial charge >= 0.3 is 0 Å². The van der Waals surface area contributed by atoms with Gasteiger partial charge in [-0.3, -0.25) is 0 Å². The summed E-state index contributed by atoms with van der Waals surface area (Å²) in [5.74, 6) is -0.101. The van der Waals surface area contributed by atoms with Gasteiger partial charge in [0.25, 0.3) is 0 Å². The molecule has 0 aliphatic carbocycles. The van der Waals surface area contributed by atoms with Crippen molar-refractivity contribution in [3.63, 3.8) is 0 Å². The maximum atomic E-state index is 13.5. The van der Waals surface area contributed by atoms with Gasteiger partial charge < -0.3 is 4.74 Å². The fourth-order valence-electron chi connectivity index (χ4n) is 2.41. The highest BCUT2D eigenvalue weighted by molar-refractivity contribution is 9.09. The van der Waals surface area contributed by atoms with E-state index in [2.05, 4.69) is 15.9 Å². The van der Waals surface area contributed by atoms with Crippen LogP contribution in [0.3, 0.4) is 0 Å². The van der Waals surface area contributed by atoms with Crippen molar-refractivity contribution in [3.8, 4) is 0 Å².